The van der Waals surface area contributed by atoms with Gasteiger partial charge in [-0.15, -0.1) is 0 Å². The standard InChI is InChI=1S/C8H11Si.Cu.2Li/c1-9(2)8-6-4-3-5-7-8;;;/h3-7H,1-2H3;;;/q;-2;2*+1. The van der Waals surface area contributed by atoms with Gasteiger partial charge in [-0.2, -0.15) is 0 Å². The summed E-state index contributed by atoms with van der Waals surface area (Å²) in [5, 5.41) is 1.34. The molecule has 0 unspecified atom stereocenters. The molecule has 0 nitrogen and oxygen atoms in total. The Balaban J connectivity index is 0. The van der Waals surface area contributed by atoms with Crippen LogP contribution >= 0.6 is 0 Å². The van der Waals surface area contributed by atoms with Crippen molar-refractivity contribution in [2.45, 2.75) is 13.1 Å². The maximum Gasteiger partial charge on any atom is 1.00 e. The molecule has 12 heavy (non-hydrogen) atoms. The molecule has 0 radical (unpaired) electrons. The molecule has 0 aromatic heterocycles. The monoisotopic (exact) mass is 212 g/mol. The van der Waals surface area contributed by atoms with Crippen molar-refractivity contribution in [2.24, 2.45) is 0 Å². The van der Waals surface area contributed by atoms with Crippen molar-refractivity contribution >= 4 is 11.9 Å². The molecule has 0 aliphatic carbocycles. The van der Waals surface area contributed by atoms with Gasteiger partial charge in [0.15, 0.2) is 0 Å². The van der Waals surface area contributed by atoms with Gasteiger partial charge in [0.2, 0.25) is 0 Å². The minimum atomic E-state index is -1.47. The molecule has 0 bridgehead atoms. The second-order valence-corrected chi connectivity index (χ2v) is 9.61. The molecule has 4 heteroatoms. The molecule has 1 aromatic rings. The summed E-state index contributed by atoms with van der Waals surface area (Å²) in [7, 11) is 0. The van der Waals surface area contributed by atoms with Crippen molar-refractivity contribution in [3.05, 3.63) is 30.3 Å². The van der Waals surface area contributed by atoms with Gasteiger partial charge in [-0.05, 0) is 0 Å². The molecule has 0 atom stereocenters. The Bertz CT molecular complexity index is 208. The first-order valence-electron chi connectivity index (χ1n) is 3.31. The fourth-order valence-corrected chi connectivity index (χ4v) is 2.25. The van der Waals surface area contributed by atoms with E-state index in [0.29, 0.717) is 0 Å². The number of hydrogen-bond donors (Lipinski definition) is 0. The minimum Gasteiger partial charge on any atom is 1.00 e. The Morgan fingerprint density at radius 2 is 1.42 bits per heavy atom. The fraction of sp³-hybridized carbons (Fsp3) is 0.250. The number of benzene rings is 1. The molecule has 0 heterocycles. The average Bonchev–Trinajstić information content (AvgIpc) is 1.88. The van der Waals surface area contributed by atoms with Crippen LogP contribution in [0.1, 0.15) is 0 Å². The molecule has 0 saturated carbocycles. The Hall–Kier alpha value is 1.15. The maximum atomic E-state index is 5.54. The molecular formula is C8H11CuLi2Si. The van der Waals surface area contributed by atoms with Crippen molar-refractivity contribution < 1.29 is 53.1 Å². The molecular weight excluding hydrogens is 202 g/mol. The molecule has 0 aliphatic heterocycles. The molecule has 0 fully saturated rings. The van der Waals surface area contributed by atoms with Crippen molar-refractivity contribution in [3.8, 4) is 0 Å². The average molecular weight is 213 g/mol. The van der Waals surface area contributed by atoms with Gasteiger partial charge in [0.05, 0.1) is 0 Å². The van der Waals surface area contributed by atoms with E-state index in [1.807, 2.05) is 18.2 Å². The van der Waals surface area contributed by atoms with E-state index >= 15 is 0 Å². The van der Waals surface area contributed by atoms with Crippen molar-refractivity contribution in [1.82, 2.24) is 0 Å². The number of rotatable bonds is 1. The third-order valence-corrected chi connectivity index (χ3v) is 3.92. The number of hydrogen-bond acceptors (Lipinski definition) is 0. The third kappa shape index (κ3) is 5.01. The summed E-state index contributed by atoms with van der Waals surface area (Å²) < 4.78 is 0. The van der Waals surface area contributed by atoms with Crippen LogP contribution in [0.15, 0.2) is 30.3 Å². The molecule has 0 amide bonds. The quantitative estimate of drug-likeness (QED) is 0.413. The van der Waals surface area contributed by atoms with Gasteiger partial charge in [0, 0.05) is 0 Å². The summed E-state index contributed by atoms with van der Waals surface area (Å²) >= 11 is 5.54. The Kier molecular flexibility index (Phi) is 8.57. The smallest absolute Gasteiger partial charge is 1.00 e. The second kappa shape index (κ2) is 6.58. The van der Waals surface area contributed by atoms with E-state index in [-0.39, 0.29) is 37.7 Å². The van der Waals surface area contributed by atoms with E-state index in [2.05, 4.69) is 25.2 Å². The molecule has 1 aromatic carbocycles. The Morgan fingerprint density at radius 3 is 1.67 bits per heavy atom. The Labute approximate surface area is 108 Å². The summed E-state index contributed by atoms with van der Waals surface area (Å²) in [4.78, 5) is 0. The van der Waals surface area contributed by atoms with Crippen LogP contribution in [0.3, 0.4) is 0 Å². The topological polar surface area (TPSA) is 0 Å². The third-order valence-electron chi connectivity index (χ3n) is 1.44. The minimum absolute atomic E-state index is 0. The van der Waals surface area contributed by atoms with Gasteiger partial charge in [-0.3, -0.25) is 0 Å². The van der Waals surface area contributed by atoms with E-state index in [4.69, 9.17) is 15.4 Å². The predicted octanol–water partition coefficient (Wildman–Crippen LogP) is -4.35. The van der Waals surface area contributed by atoms with Crippen LogP contribution < -0.4 is 42.9 Å². The fourth-order valence-electron chi connectivity index (χ4n) is 0.822. The van der Waals surface area contributed by atoms with Crippen LogP contribution in [0.25, 0.3) is 0 Å². The SMILES string of the molecule is C[Si](C)([Cu-2])c1ccccc1.[Li+].[Li+]. The zero-order chi connectivity index (χ0) is 7.61. The first-order chi connectivity index (χ1) is 4.61. The maximum absolute atomic E-state index is 5.54. The van der Waals surface area contributed by atoms with Crippen molar-refractivity contribution in [1.29, 1.82) is 0 Å². The molecule has 0 saturated heterocycles. The van der Waals surface area contributed by atoms with Crippen molar-refractivity contribution in [3.63, 3.8) is 0 Å². The Morgan fingerprint density at radius 1 is 1.00 bits per heavy atom. The second-order valence-electron chi connectivity index (χ2n) is 2.74. The van der Waals surface area contributed by atoms with E-state index in [1.165, 1.54) is 5.19 Å². The zero-order valence-corrected chi connectivity index (χ0v) is 10.1. The van der Waals surface area contributed by atoms with Crippen molar-refractivity contribution in [2.75, 3.05) is 0 Å². The van der Waals surface area contributed by atoms with Crippen LogP contribution in [0.2, 0.25) is 13.1 Å². The summed E-state index contributed by atoms with van der Waals surface area (Å²) in [5.74, 6) is 0. The molecule has 0 spiro atoms. The van der Waals surface area contributed by atoms with Gasteiger partial charge in [-0.25, -0.2) is 0 Å². The van der Waals surface area contributed by atoms with E-state index in [0.717, 1.165) is 0 Å². The van der Waals surface area contributed by atoms with Gasteiger partial charge in [-0.1, -0.05) is 0 Å². The van der Waals surface area contributed by atoms with E-state index < -0.39 is 6.68 Å². The van der Waals surface area contributed by atoms with Crippen LogP contribution in [-0.4, -0.2) is 6.68 Å². The first-order valence-corrected chi connectivity index (χ1v) is 7.53. The summed E-state index contributed by atoms with van der Waals surface area (Å²) in [6.07, 6.45) is 0. The molecule has 1 rings (SSSR count). The molecule has 0 aliphatic rings. The molecule has 60 valence electrons. The largest absolute Gasteiger partial charge is 1.00 e. The first kappa shape index (κ1) is 15.6. The van der Waals surface area contributed by atoms with Gasteiger partial charge >= 0.3 is 108 Å². The summed E-state index contributed by atoms with van der Waals surface area (Å²) in [6.45, 7) is 2.87. The predicted molar refractivity (Wildman–Crippen MR) is 43.6 cm³/mol. The zero-order valence-electron chi connectivity index (χ0n) is 8.19. The summed E-state index contributed by atoms with van der Waals surface area (Å²) in [5.41, 5.74) is 0. The van der Waals surface area contributed by atoms with Crippen LogP contribution in [0.5, 0.6) is 0 Å². The van der Waals surface area contributed by atoms with Gasteiger partial charge in [0.25, 0.3) is 0 Å². The summed E-state index contributed by atoms with van der Waals surface area (Å²) in [6, 6.07) is 10.4. The van der Waals surface area contributed by atoms with Gasteiger partial charge < -0.3 is 0 Å². The van der Waals surface area contributed by atoms with Crippen LogP contribution in [-0.2, 0) is 15.4 Å². The van der Waals surface area contributed by atoms with E-state index in [1.54, 1.807) is 0 Å². The van der Waals surface area contributed by atoms with Crippen LogP contribution in [0.4, 0.5) is 0 Å². The normalized spacial score (nSPS) is 9.67. The van der Waals surface area contributed by atoms with E-state index in [9.17, 15) is 0 Å². The van der Waals surface area contributed by atoms with Crippen LogP contribution in [0, 0.1) is 0 Å². The van der Waals surface area contributed by atoms with Gasteiger partial charge in [0.1, 0.15) is 0 Å². The molecule has 0 N–H and O–H groups in total.